The molecular weight excluding hydrogens is 196 g/mol. The van der Waals surface area contributed by atoms with Gasteiger partial charge in [-0.05, 0) is 24.4 Å². The van der Waals surface area contributed by atoms with Gasteiger partial charge in [-0.2, -0.15) is 10.2 Å². The van der Waals surface area contributed by atoms with Gasteiger partial charge in [0.15, 0.2) is 10.2 Å². The van der Waals surface area contributed by atoms with Crippen LogP contribution in [0.15, 0.2) is 10.2 Å². The molecule has 0 aliphatic carbocycles. The summed E-state index contributed by atoms with van der Waals surface area (Å²) in [6, 6.07) is 0. The molecule has 0 unspecified atom stereocenters. The molecule has 0 aliphatic heterocycles. The Labute approximate surface area is 80.1 Å². The molecule has 0 aliphatic rings. The van der Waals surface area contributed by atoms with Gasteiger partial charge >= 0.3 is 0 Å². The lowest BCUT2D eigenvalue weighted by molar-refractivity contribution is 1.03. The summed E-state index contributed by atoms with van der Waals surface area (Å²) < 4.78 is 0. The van der Waals surface area contributed by atoms with Crippen LogP contribution in [0.3, 0.4) is 0 Å². The van der Waals surface area contributed by atoms with Crippen molar-refractivity contribution in [1.82, 2.24) is 10.9 Å². The van der Waals surface area contributed by atoms with E-state index in [1.165, 1.54) is 12.4 Å². The van der Waals surface area contributed by atoms with Crippen LogP contribution in [0.25, 0.3) is 0 Å². The number of nitrogens with two attached hydrogens (primary N) is 2. The molecule has 6 N–H and O–H groups in total. The summed E-state index contributed by atoms with van der Waals surface area (Å²) in [4.78, 5) is 0. The van der Waals surface area contributed by atoms with Crippen LogP contribution >= 0.6 is 24.4 Å². The molecule has 0 saturated heterocycles. The number of nitrogens with one attached hydrogen (secondary N) is 2. The summed E-state index contributed by atoms with van der Waals surface area (Å²) in [5.41, 5.74) is 14.8. The summed E-state index contributed by atoms with van der Waals surface area (Å²) in [5.74, 6) is 0. The fourth-order valence-corrected chi connectivity index (χ4v) is 0.374. The SMILES string of the molecule is NC(=S)N/N=C\C=N\NC(N)=S. The van der Waals surface area contributed by atoms with Gasteiger partial charge in [-0.25, -0.2) is 0 Å². The van der Waals surface area contributed by atoms with Gasteiger partial charge in [0.05, 0.1) is 12.4 Å². The molecule has 0 aromatic heterocycles. The monoisotopic (exact) mass is 204 g/mol. The lowest BCUT2D eigenvalue weighted by Crippen LogP contribution is -2.25. The first-order valence-electron chi connectivity index (χ1n) is 2.78. The number of rotatable bonds is 3. The highest BCUT2D eigenvalue weighted by Gasteiger charge is 1.77. The van der Waals surface area contributed by atoms with Crippen molar-refractivity contribution in [3.8, 4) is 0 Å². The molecule has 0 bridgehead atoms. The third-order valence-corrected chi connectivity index (χ3v) is 0.748. The summed E-state index contributed by atoms with van der Waals surface area (Å²) >= 11 is 8.93. The smallest absolute Gasteiger partial charge is 0.184 e. The van der Waals surface area contributed by atoms with Crippen molar-refractivity contribution in [3.05, 3.63) is 0 Å². The van der Waals surface area contributed by atoms with E-state index in [4.69, 9.17) is 11.5 Å². The highest BCUT2D eigenvalue weighted by atomic mass is 32.1. The first kappa shape index (κ1) is 10.7. The van der Waals surface area contributed by atoms with Crippen molar-refractivity contribution in [3.63, 3.8) is 0 Å². The number of thiocarbonyl (C=S) groups is 2. The van der Waals surface area contributed by atoms with Gasteiger partial charge in [0.2, 0.25) is 0 Å². The Morgan fingerprint density at radius 2 is 1.33 bits per heavy atom. The summed E-state index contributed by atoms with van der Waals surface area (Å²) in [7, 11) is 0. The molecule has 0 spiro atoms. The molecule has 0 fully saturated rings. The molecule has 0 rings (SSSR count). The van der Waals surface area contributed by atoms with Crippen molar-refractivity contribution in [2.45, 2.75) is 0 Å². The Balaban J connectivity index is 3.52. The molecule has 66 valence electrons. The molecule has 12 heavy (non-hydrogen) atoms. The fraction of sp³-hybridized carbons (Fsp3) is 0. The van der Waals surface area contributed by atoms with E-state index < -0.39 is 0 Å². The second kappa shape index (κ2) is 6.43. The average molecular weight is 204 g/mol. The quantitative estimate of drug-likeness (QED) is 0.257. The van der Waals surface area contributed by atoms with Crippen LogP contribution in [-0.2, 0) is 0 Å². The maximum atomic E-state index is 5.06. The first-order chi connectivity index (χ1) is 5.63. The lowest BCUT2D eigenvalue weighted by Gasteiger charge is -1.91. The van der Waals surface area contributed by atoms with Gasteiger partial charge in [0, 0.05) is 0 Å². The molecule has 0 atom stereocenters. The topological polar surface area (TPSA) is 101 Å². The van der Waals surface area contributed by atoms with E-state index in [1.54, 1.807) is 0 Å². The first-order valence-corrected chi connectivity index (χ1v) is 3.60. The predicted molar refractivity (Wildman–Crippen MR) is 56.8 cm³/mol. The Bertz CT molecular complexity index is 198. The van der Waals surface area contributed by atoms with Crippen molar-refractivity contribution >= 4 is 47.1 Å². The molecule has 0 amide bonds. The second-order valence-electron chi connectivity index (χ2n) is 1.51. The number of hydrazone groups is 2. The summed E-state index contributed by atoms with van der Waals surface area (Å²) in [5, 5.41) is 7.28. The van der Waals surface area contributed by atoms with Gasteiger partial charge < -0.3 is 11.5 Å². The molecule has 0 radical (unpaired) electrons. The number of hydrogen-bond donors (Lipinski definition) is 4. The van der Waals surface area contributed by atoms with Crippen LogP contribution in [0.2, 0.25) is 0 Å². The van der Waals surface area contributed by atoms with E-state index in [1.807, 2.05) is 0 Å². The largest absolute Gasteiger partial charge is 0.375 e. The summed E-state index contributed by atoms with van der Waals surface area (Å²) in [6.07, 6.45) is 2.68. The molecule has 0 heterocycles. The van der Waals surface area contributed by atoms with Crippen molar-refractivity contribution in [2.75, 3.05) is 0 Å². The van der Waals surface area contributed by atoms with Crippen LogP contribution in [0, 0.1) is 0 Å². The third kappa shape index (κ3) is 8.72. The van der Waals surface area contributed by atoms with E-state index in [2.05, 4.69) is 45.5 Å². The zero-order chi connectivity index (χ0) is 9.40. The zero-order valence-electron chi connectivity index (χ0n) is 6.02. The van der Waals surface area contributed by atoms with Gasteiger partial charge in [0.1, 0.15) is 0 Å². The summed E-state index contributed by atoms with van der Waals surface area (Å²) in [6.45, 7) is 0. The highest BCUT2D eigenvalue weighted by molar-refractivity contribution is 7.80. The minimum absolute atomic E-state index is 0.0851. The maximum Gasteiger partial charge on any atom is 0.184 e. The van der Waals surface area contributed by atoms with E-state index in [0.29, 0.717) is 0 Å². The molecule has 0 saturated carbocycles. The van der Waals surface area contributed by atoms with Crippen LogP contribution < -0.4 is 22.3 Å². The Hall–Kier alpha value is -1.28. The maximum absolute atomic E-state index is 5.06. The van der Waals surface area contributed by atoms with E-state index in [9.17, 15) is 0 Å². The molecular formula is C4H8N6S2. The average Bonchev–Trinajstić information content (AvgIpc) is 1.95. The number of nitrogens with zero attached hydrogens (tertiary/aromatic N) is 2. The van der Waals surface area contributed by atoms with Crippen molar-refractivity contribution < 1.29 is 0 Å². The number of hydrogen-bond acceptors (Lipinski definition) is 4. The standard InChI is InChI=1S/C4H8N6S2/c5-3(11)9-7-1-2-8-10-4(6)12/h1-2H,(H3,5,9,11)(H3,6,10,12)/b7-1-,8-2+. The van der Waals surface area contributed by atoms with Gasteiger partial charge in [-0.3, -0.25) is 10.9 Å². The predicted octanol–water partition coefficient (Wildman–Crippen LogP) is -1.38. The zero-order valence-corrected chi connectivity index (χ0v) is 7.65. The van der Waals surface area contributed by atoms with Crippen LogP contribution in [0.4, 0.5) is 0 Å². The van der Waals surface area contributed by atoms with Gasteiger partial charge in [-0.15, -0.1) is 0 Å². The second-order valence-corrected chi connectivity index (χ2v) is 2.39. The van der Waals surface area contributed by atoms with Gasteiger partial charge in [0.25, 0.3) is 0 Å². The van der Waals surface area contributed by atoms with E-state index in [0.717, 1.165) is 0 Å². The molecule has 0 aromatic rings. The van der Waals surface area contributed by atoms with E-state index >= 15 is 0 Å². The van der Waals surface area contributed by atoms with Crippen LogP contribution in [0.1, 0.15) is 0 Å². The molecule has 6 nitrogen and oxygen atoms in total. The van der Waals surface area contributed by atoms with Gasteiger partial charge in [-0.1, -0.05) is 0 Å². The van der Waals surface area contributed by atoms with Crippen LogP contribution in [-0.4, -0.2) is 22.7 Å². The lowest BCUT2D eigenvalue weighted by atomic mass is 10.8. The van der Waals surface area contributed by atoms with Crippen molar-refractivity contribution in [2.24, 2.45) is 21.7 Å². The Morgan fingerprint density at radius 1 is 1.00 bits per heavy atom. The molecule has 0 aromatic carbocycles. The Kier molecular flexibility index (Phi) is 5.75. The highest BCUT2D eigenvalue weighted by Crippen LogP contribution is 1.59. The minimum atomic E-state index is 0.0851. The fourth-order valence-electron chi connectivity index (χ4n) is 0.268. The van der Waals surface area contributed by atoms with E-state index in [-0.39, 0.29) is 10.2 Å². The Morgan fingerprint density at radius 3 is 1.58 bits per heavy atom. The third-order valence-electron chi connectivity index (χ3n) is 0.565. The molecule has 8 heteroatoms. The minimum Gasteiger partial charge on any atom is -0.375 e. The normalized spacial score (nSPS) is 10.3. The van der Waals surface area contributed by atoms with Crippen molar-refractivity contribution in [1.29, 1.82) is 0 Å². The van der Waals surface area contributed by atoms with Crippen LogP contribution in [0.5, 0.6) is 0 Å².